The zero-order valence-corrected chi connectivity index (χ0v) is 25.3. The minimum atomic E-state index is -4.18. The highest BCUT2D eigenvalue weighted by Gasteiger charge is 2.28. The smallest absolute Gasteiger partial charge is 0.264 e. The molecule has 0 saturated heterocycles. The Morgan fingerprint density at radius 1 is 0.786 bits per heavy atom. The summed E-state index contributed by atoms with van der Waals surface area (Å²) in [5, 5.41) is 2.79. The van der Waals surface area contributed by atoms with Gasteiger partial charge in [-0.3, -0.25) is 13.8 Å². The number of carbonyl (C=O) groups excluding carboxylic acids is 1. The first-order chi connectivity index (χ1) is 19.9. The van der Waals surface area contributed by atoms with Crippen LogP contribution in [0, 0.1) is 6.92 Å². The maximum absolute atomic E-state index is 13.6. The largest absolute Gasteiger partial charge is 0.497 e. The topological polar surface area (TPSA) is 131 Å². The fourth-order valence-electron chi connectivity index (χ4n) is 3.88. The lowest BCUT2D eigenvalue weighted by molar-refractivity contribution is -0.114. The molecule has 2 N–H and O–H groups in total. The average molecular weight is 630 g/mol. The van der Waals surface area contributed by atoms with Crippen LogP contribution in [0.25, 0.3) is 0 Å². The normalized spacial score (nSPS) is 11.4. The van der Waals surface area contributed by atoms with Crippen molar-refractivity contribution in [3.05, 3.63) is 102 Å². The molecule has 4 aromatic rings. The molecule has 0 atom stereocenters. The first-order valence-electron chi connectivity index (χ1n) is 12.4. The van der Waals surface area contributed by atoms with E-state index in [2.05, 4.69) is 10.0 Å². The Bertz CT molecular complexity index is 1780. The number of rotatable bonds is 11. The zero-order chi connectivity index (χ0) is 30.5. The van der Waals surface area contributed by atoms with Crippen LogP contribution in [0.5, 0.6) is 11.5 Å². The van der Waals surface area contributed by atoms with Gasteiger partial charge in [0.2, 0.25) is 5.91 Å². The number of anilines is 3. The molecule has 0 fully saturated rings. The van der Waals surface area contributed by atoms with Crippen LogP contribution < -0.4 is 23.8 Å². The van der Waals surface area contributed by atoms with Gasteiger partial charge in [-0.05, 0) is 85.8 Å². The number of carbonyl (C=O) groups is 1. The first kappa shape index (κ1) is 30.7. The lowest BCUT2D eigenvalue weighted by Gasteiger charge is -2.24. The summed E-state index contributed by atoms with van der Waals surface area (Å²) in [7, 11) is -5.15. The Balaban J connectivity index is 1.54. The van der Waals surface area contributed by atoms with Crippen LogP contribution in [-0.4, -0.2) is 43.5 Å². The van der Waals surface area contributed by atoms with Gasteiger partial charge < -0.3 is 14.8 Å². The van der Waals surface area contributed by atoms with Gasteiger partial charge in [-0.15, -0.1) is 0 Å². The number of methoxy groups -OCH3 is 2. The predicted molar refractivity (Wildman–Crippen MR) is 163 cm³/mol. The Hall–Kier alpha value is -4.26. The molecule has 42 heavy (non-hydrogen) atoms. The Kier molecular flexibility index (Phi) is 9.30. The molecule has 0 heterocycles. The summed E-state index contributed by atoms with van der Waals surface area (Å²) in [4.78, 5) is 13.1. The van der Waals surface area contributed by atoms with Crippen molar-refractivity contribution in [2.24, 2.45) is 0 Å². The molecule has 220 valence electrons. The molecule has 10 nitrogen and oxygen atoms in total. The number of benzene rings is 4. The summed E-state index contributed by atoms with van der Waals surface area (Å²) in [6, 6.07) is 22.5. The minimum Gasteiger partial charge on any atom is -0.497 e. The van der Waals surface area contributed by atoms with Crippen LogP contribution in [0.15, 0.2) is 101 Å². The van der Waals surface area contributed by atoms with Crippen molar-refractivity contribution >= 4 is 54.6 Å². The van der Waals surface area contributed by atoms with Crippen molar-refractivity contribution in [1.29, 1.82) is 0 Å². The highest BCUT2D eigenvalue weighted by molar-refractivity contribution is 7.93. The molecule has 0 spiro atoms. The van der Waals surface area contributed by atoms with E-state index < -0.39 is 32.5 Å². The predicted octanol–water partition coefficient (Wildman–Crippen LogP) is 5.30. The number of hydrogen-bond acceptors (Lipinski definition) is 7. The maximum atomic E-state index is 13.6. The third-order valence-electron chi connectivity index (χ3n) is 6.11. The molecule has 0 aliphatic carbocycles. The molecule has 0 aromatic heterocycles. The van der Waals surface area contributed by atoms with Crippen molar-refractivity contribution in [1.82, 2.24) is 0 Å². The van der Waals surface area contributed by atoms with Gasteiger partial charge in [0.15, 0.2) is 0 Å². The average Bonchev–Trinajstić information content (AvgIpc) is 2.96. The number of ether oxygens (including phenoxy) is 2. The molecule has 0 saturated carbocycles. The Morgan fingerprint density at radius 3 is 1.95 bits per heavy atom. The number of hydrogen-bond donors (Lipinski definition) is 2. The van der Waals surface area contributed by atoms with Gasteiger partial charge in [0.05, 0.1) is 34.7 Å². The van der Waals surface area contributed by atoms with Crippen LogP contribution in [0.3, 0.4) is 0 Å². The van der Waals surface area contributed by atoms with E-state index in [1.165, 1.54) is 68.8 Å². The molecule has 4 rings (SSSR count). The zero-order valence-electron chi connectivity index (χ0n) is 22.9. The highest BCUT2D eigenvalue weighted by atomic mass is 35.5. The standard InChI is InChI=1S/C29H28ClN3O7S2/c1-20-4-13-26(14-5-20)42(37,38)33(23-10-17-28(40-3)27(30)18-23)19-29(34)31-21-8-15-25(16-9-21)41(35,36)32-22-6-11-24(39-2)12-7-22/h4-18,32H,19H2,1-3H3,(H,31,34). The van der Waals surface area contributed by atoms with E-state index in [0.717, 1.165) is 9.87 Å². The Morgan fingerprint density at radius 2 is 1.38 bits per heavy atom. The summed E-state index contributed by atoms with van der Waals surface area (Å²) < 4.78 is 66.5. The lowest BCUT2D eigenvalue weighted by atomic mass is 10.2. The summed E-state index contributed by atoms with van der Waals surface area (Å²) in [6.45, 7) is 1.24. The number of halogens is 1. The number of nitrogens with one attached hydrogen (secondary N) is 2. The third kappa shape index (κ3) is 7.14. The van der Waals surface area contributed by atoms with E-state index in [4.69, 9.17) is 21.1 Å². The van der Waals surface area contributed by atoms with Gasteiger partial charge >= 0.3 is 0 Å². The molecule has 0 bridgehead atoms. The summed E-state index contributed by atoms with van der Waals surface area (Å²) in [5.41, 5.74) is 1.64. The van der Waals surface area contributed by atoms with Crippen molar-refractivity contribution in [3.63, 3.8) is 0 Å². The quantitative estimate of drug-likeness (QED) is 0.230. The molecule has 0 aliphatic heterocycles. The molecule has 13 heteroatoms. The molecule has 4 aromatic carbocycles. The van der Waals surface area contributed by atoms with Crippen molar-refractivity contribution < 1.29 is 31.1 Å². The van der Waals surface area contributed by atoms with Crippen LogP contribution in [0.4, 0.5) is 17.1 Å². The minimum absolute atomic E-state index is 0.00763. The van der Waals surface area contributed by atoms with Crippen molar-refractivity contribution in [2.45, 2.75) is 16.7 Å². The van der Waals surface area contributed by atoms with Crippen LogP contribution in [-0.2, 0) is 24.8 Å². The van der Waals surface area contributed by atoms with E-state index in [-0.39, 0.29) is 26.2 Å². The van der Waals surface area contributed by atoms with Crippen molar-refractivity contribution in [2.75, 3.05) is 35.1 Å². The van der Waals surface area contributed by atoms with Gasteiger partial charge in [0.1, 0.15) is 18.0 Å². The van der Waals surface area contributed by atoms with E-state index in [9.17, 15) is 21.6 Å². The van der Waals surface area contributed by atoms with Gasteiger partial charge in [-0.2, -0.15) is 0 Å². The van der Waals surface area contributed by atoms with Gasteiger partial charge in [0.25, 0.3) is 20.0 Å². The lowest BCUT2D eigenvalue weighted by Crippen LogP contribution is -2.38. The molecule has 0 radical (unpaired) electrons. The van der Waals surface area contributed by atoms with E-state index in [1.807, 2.05) is 6.92 Å². The van der Waals surface area contributed by atoms with E-state index in [1.54, 1.807) is 36.4 Å². The van der Waals surface area contributed by atoms with Crippen LogP contribution in [0.1, 0.15) is 5.56 Å². The molecule has 1 amide bonds. The van der Waals surface area contributed by atoms with Gasteiger partial charge in [-0.1, -0.05) is 29.3 Å². The molecule has 0 aliphatic rings. The van der Waals surface area contributed by atoms with Gasteiger partial charge in [0, 0.05) is 11.4 Å². The second-order valence-electron chi connectivity index (χ2n) is 9.05. The number of aryl methyl sites for hydroxylation is 1. The number of amides is 1. The fourth-order valence-corrected chi connectivity index (χ4v) is 6.61. The second kappa shape index (κ2) is 12.7. The summed E-state index contributed by atoms with van der Waals surface area (Å²) >= 11 is 6.27. The van der Waals surface area contributed by atoms with Crippen LogP contribution >= 0.6 is 11.6 Å². The van der Waals surface area contributed by atoms with Crippen LogP contribution in [0.2, 0.25) is 5.02 Å². The number of sulfonamides is 2. The first-order valence-corrected chi connectivity index (χ1v) is 15.7. The van der Waals surface area contributed by atoms with E-state index >= 15 is 0 Å². The molecular weight excluding hydrogens is 602 g/mol. The summed E-state index contributed by atoms with van der Waals surface area (Å²) in [6.07, 6.45) is 0. The Labute approximate surface area is 250 Å². The van der Waals surface area contributed by atoms with Gasteiger partial charge in [-0.25, -0.2) is 16.8 Å². The summed E-state index contributed by atoms with van der Waals surface area (Å²) in [5.74, 6) is 0.261. The number of nitrogens with zero attached hydrogens (tertiary/aromatic N) is 1. The second-order valence-corrected chi connectivity index (χ2v) is 13.0. The monoisotopic (exact) mass is 629 g/mol. The molecular formula is C29H28ClN3O7S2. The maximum Gasteiger partial charge on any atom is 0.264 e. The SMILES string of the molecule is COc1ccc(NS(=O)(=O)c2ccc(NC(=O)CN(c3ccc(OC)c(Cl)c3)S(=O)(=O)c3ccc(C)cc3)cc2)cc1. The fraction of sp³-hybridized carbons (Fsp3) is 0.138. The third-order valence-corrected chi connectivity index (χ3v) is 9.59. The van der Waals surface area contributed by atoms with Crippen molar-refractivity contribution in [3.8, 4) is 11.5 Å². The molecule has 0 unspecified atom stereocenters. The van der Waals surface area contributed by atoms with E-state index in [0.29, 0.717) is 17.2 Å². The highest BCUT2D eigenvalue weighted by Crippen LogP contribution is 2.32.